The Kier molecular flexibility index (Phi) is 14.0. The lowest BCUT2D eigenvalue weighted by Gasteiger charge is -2.31. The first-order valence-corrected chi connectivity index (χ1v) is 11.7. The van der Waals surface area contributed by atoms with Crippen molar-refractivity contribution in [2.75, 3.05) is 23.3 Å². The van der Waals surface area contributed by atoms with Gasteiger partial charge in [-0.1, -0.05) is 23.7 Å². The van der Waals surface area contributed by atoms with Crippen LogP contribution in [0.15, 0.2) is 42.6 Å². The number of aliphatic carboxylic acids is 1. The van der Waals surface area contributed by atoms with Gasteiger partial charge in [0.1, 0.15) is 5.82 Å². The number of nitrogens with one attached hydrogen (secondary N) is 1. The standard InChI is InChI=1S/C19H19ClN6O2.C2HF3O2.CHF3.CH2O2/c20-14-6-2-1-5-13(14)19(28)23-15-11-26-16(22-15)7-8-17(24-26)25-9-3-4-12(10-25)18(21)27;3-2(4,5)1(6)7;2-1(3)4;2-1-3/h1-2,5-8,11-12H,3-4,9-10H2,(H2,21,27)(H,23,28);(H,6,7);1H;1H,(H,2,3). The number of hydrogen-bond donors (Lipinski definition) is 4. The molecule has 1 aromatic carbocycles. The average molecular weight is 629 g/mol. The van der Waals surface area contributed by atoms with E-state index in [2.05, 4.69) is 15.4 Å². The summed E-state index contributed by atoms with van der Waals surface area (Å²) in [6.07, 6.45) is -1.75. The Labute approximate surface area is 237 Å². The van der Waals surface area contributed by atoms with Crippen LogP contribution < -0.4 is 16.0 Å². The molecule has 2 amide bonds. The molecule has 3 aromatic rings. The first-order valence-electron chi connectivity index (χ1n) is 11.4. The molecule has 0 bridgehead atoms. The fourth-order valence-corrected chi connectivity index (χ4v) is 3.57. The van der Waals surface area contributed by atoms with E-state index in [9.17, 15) is 35.9 Å². The van der Waals surface area contributed by atoms with Crippen molar-refractivity contribution in [3.63, 3.8) is 0 Å². The van der Waals surface area contributed by atoms with Crippen LogP contribution in [-0.4, -0.2) is 75.0 Å². The van der Waals surface area contributed by atoms with E-state index in [-0.39, 0.29) is 24.2 Å². The van der Waals surface area contributed by atoms with Crippen molar-refractivity contribution in [2.24, 2.45) is 11.7 Å². The minimum absolute atomic E-state index is 0.167. The molecule has 0 aliphatic carbocycles. The monoisotopic (exact) mass is 628 g/mol. The summed E-state index contributed by atoms with van der Waals surface area (Å²) in [5, 5.41) is 21.7. The maximum absolute atomic E-state index is 12.4. The molecule has 1 aliphatic heterocycles. The van der Waals surface area contributed by atoms with Gasteiger partial charge in [-0.3, -0.25) is 14.4 Å². The van der Waals surface area contributed by atoms with Crippen molar-refractivity contribution in [3.05, 3.63) is 53.2 Å². The summed E-state index contributed by atoms with van der Waals surface area (Å²) in [6, 6.07) is 10.5. The maximum atomic E-state index is 12.4. The number of nitrogens with two attached hydrogens (primary N) is 1. The van der Waals surface area contributed by atoms with Crippen LogP contribution in [0.2, 0.25) is 5.02 Å². The van der Waals surface area contributed by atoms with E-state index in [0.717, 1.165) is 25.2 Å². The Balaban J connectivity index is 0.000000528. The van der Waals surface area contributed by atoms with E-state index >= 15 is 0 Å². The number of hydrogen-bond acceptors (Lipinski definition) is 7. The number of piperidine rings is 1. The normalized spacial score (nSPS) is 14.3. The summed E-state index contributed by atoms with van der Waals surface area (Å²) in [5.74, 6) is -2.43. The number of primary amides is 1. The number of carboxylic acid groups (broad SMARTS) is 2. The Morgan fingerprint density at radius 2 is 1.71 bits per heavy atom. The first kappa shape index (κ1) is 35.4. The largest absolute Gasteiger partial charge is 0.490 e. The quantitative estimate of drug-likeness (QED) is 0.246. The van der Waals surface area contributed by atoms with Crippen LogP contribution in [0.1, 0.15) is 23.2 Å². The third-order valence-electron chi connectivity index (χ3n) is 5.06. The van der Waals surface area contributed by atoms with Crippen LogP contribution in [-0.2, 0) is 14.4 Å². The molecule has 3 heterocycles. The van der Waals surface area contributed by atoms with E-state index in [1.54, 1.807) is 35.0 Å². The second-order valence-corrected chi connectivity index (χ2v) is 8.30. The van der Waals surface area contributed by atoms with E-state index in [4.69, 9.17) is 37.1 Å². The van der Waals surface area contributed by atoms with Crippen LogP contribution in [0.3, 0.4) is 0 Å². The van der Waals surface area contributed by atoms with Crippen molar-refractivity contribution in [1.82, 2.24) is 14.6 Å². The minimum atomic E-state index is -5.08. The molecule has 5 N–H and O–H groups in total. The van der Waals surface area contributed by atoms with Crippen LogP contribution in [0.5, 0.6) is 0 Å². The van der Waals surface area contributed by atoms with E-state index in [1.165, 1.54) is 0 Å². The van der Waals surface area contributed by atoms with Gasteiger partial charge >= 0.3 is 18.8 Å². The van der Waals surface area contributed by atoms with Gasteiger partial charge in [0.25, 0.3) is 12.4 Å². The number of fused-ring (bicyclic) bond motifs is 1. The zero-order valence-electron chi connectivity index (χ0n) is 21.1. The molecule has 1 atom stereocenters. The molecule has 12 nitrogen and oxygen atoms in total. The van der Waals surface area contributed by atoms with Crippen molar-refractivity contribution in [2.45, 2.75) is 25.7 Å². The summed E-state index contributed by atoms with van der Waals surface area (Å²) < 4.78 is 62.3. The Morgan fingerprint density at radius 3 is 2.24 bits per heavy atom. The predicted octanol–water partition coefficient (Wildman–Crippen LogP) is 3.85. The van der Waals surface area contributed by atoms with Gasteiger partial charge in [-0.25, -0.2) is 14.3 Å². The smallest absolute Gasteiger partial charge is 0.483 e. The van der Waals surface area contributed by atoms with Gasteiger partial charge in [-0.2, -0.15) is 26.3 Å². The number of benzene rings is 1. The number of carbonyl (C=O) groups is 4. The van der Waals surface area contributed by atoms with Gasteiger partial charge in [0, 0.05) is 13.1 Å². The number of amides is 2. The van der Waals surface area contributed by atoms with Gasteiger partial charge in [0.2, 0.25) is 5.91 Å². The lowest BCUT2D eigenvalue weighted by Crippen LogP contribution is -2.41. The van der Waals surface area contributed by atoms with Crippen LogP contribution >= 0.6 is 11.6 Å². The number of anilines is 2. The number of imidazole rings is 1. The second-order valence-electron chi connectivity index (χ2n) is 7.90. The van der Waals surface area contributed by atoms with Crippen LogP contribution in [0.4, 0.5) is 38.0 Å². The van der Waals surface area contributed by atoms with Crippen molar-refractivity contribution >= 4 is 53.1 Å². The molecule has 0 spiro atoms. The molecule has 1 unspecified atom stereocenters. The van der Waals surface area contributed by atoms with E-state index < -0.39 is 18.8 Å². The maximum Gasteiger partial charge on any atom is 0.490 e. The molecule has 1 saturated heterocycles. The average Bonchev–Trinajstić information content (AvgIpc) is 3.30. The van der Waals surface area contributed by atoms with Crippen LogP contribution in [0, 0.1) is 5.92 Å². The lowest BCUT2D eigenvalue weighted by molar-refractivity contribution is -0.192. The predicted molar refractivity (Wildman–Crippen MR) is 136 cm³/mol. The zero-order chi connectivity index (χ0) is 32.0. The molecule has 230 valence electrons. The molecule has 19 heteroatoms. The first-order chi connectivity index (χ1) is 19.6. The molecule has 2 aromatic heterocycles. The minimum Gasteiger partial charge on any atom is -0.483 e. The summed E-state index contributed by atoms with van der Waals surface area (Å²) in [5.41, 5.74) is 6.43. The van der Waals surface area contributed by atoms with E-state index in [1.807, 2.05) is 17.0 Å². The highest BCUT2D eigenvalue weighted by atomic mass is 35.5. The molecule has 42 heavy (non-hydrogen) atoms. The number of halogens is 7. The number of aromatic nitrogens is 3. The molecule has 0 radical (unpaired) electrons. The van der Waals surface area contributed by atoms with Crippen LogP contribution in [0.25, 0.3) is 5.65 Å². The molecule has 0 saturated carbocycles. The highest BCUT2D eigenvalue weighted by molar-refractivity contribution is 6.34. The molecule has 1 fully saturated rings. The third-order valence-corrected chi connectivity index (χ3v) is 5.39. The van der Waals surface area contributed by atoms with Crippen molar-refractivity contribution in [1.29, 1.82) is 0 Å². The summed E-state index contributed by atoms with van der Waals surface area (Å²) in [4.78, 5) is 47.6. The Bertz CT molecular complexity index is 1360. The second kappa shape index (κ2) is 16.6. The number of nitrogens with zero attached hydrogens (tertiary/aromatic N) is 4. The number of alkyl halides is 6. The van der Waals surface area contributed by atoms with Gasteiger partial charge in [0.15, 0.2) is 11.5 Å². The number of carboxylic acids is 1. The highest BCUT2D eigenvalue weighted by Gasteiger charge is 2.38. The van der Waals surface area contributed by atoms with Crippen molar-refractivity contribution < 1.29 is 55.7 Å². The van der Waals surface area contributed by atoms with Gasteiger partial charge in [0.05, 0.1) is 22.7 Å². The summed E-state index contributed by atoms with van der Waals surface area (Å²) in [6.45, 7) is -2.55. The van der Waals surface area contributed by atoms with Gasteiger partial charge in [-0.15, -0.1) is 5.10 Å². The Hall–Kier alpha value is -4.61. The summed E-state index contributed by atoms with van der Waals surface area (Å²) >= 11 is 6.07. The lowest BCUT2D eigenvalue weighted by atomic mass is 9.97. The van der Waals surface area contributed by atoms with Crippen molar-refractivity contribution in [3.8, 4) is 0 Å². The van der Waals surface area contributed by atoms with Gasteiger partial charge in [-0.05, 0) is 37.1 Å². The number of rotatable bonds is 4. The Morgan fingerprint density at radius 1 is 1.14 bits per heavy atom. The molecule has 1 aliphatic rings. The highest BCUT2D eigenvalue weighted by Crippen LogP contribution is 2.23. The molecule has 4 rings (SSSR count). The van der Waals surface area contributed by atoms with E-state index in [0.29, 0.717) is 28.6 Å². The topological polar surface area (TPSA) is 180 Å². The van der Waals surface area contributed by atoms with Gasteiger partial charge < -0.3 is 26.2 Å². The third kappa shape index (κ3) is 11.9. The number of carbonyl (C=O) groups excluding carboxylic acids is 2. The SMILES string of the molecule is FC(F)F.NC(=O)C1CCCN(c2ccc3nc(NC(=O)c4ccccc4Cl)cn3n2)C1.O=C(O)C(F)(F)F.O=CO. The molecular weight excluding hydrogens is 606 g/mol. The summed E-state index contributed by atoms with van der Waals surface area (Å²) in [7, 11) is 0. The zero-order valence-corrected chi connectivity index (χ0v) is 21.9. The fourth-order valence-electron chi connectivity index (χ4n) is 3.35. The fraction of sp³-hybridized carbons (Fsp3) is 0.304. The molecular formula is C23H23ClF6N6O6.